The first-order valence-electron chi connectivity index (χ1n) is 6.67. The lowest BCUT2D eigenvalue weighted by atomic mass is 9.92. The SMILES string of the molecule is CCOC(=O)[C@@H](N[C@@H](C)C(=O)O)C(C)c1ccccc1. The zero-order chi connectivity index (χ0) is 15.1. The van der Waals surface area contributed by atoms with E-state index in [1.807, 2.05) is 37.3 Å². The van der Waals surface area contributed by atoms with Gasteiger partial charge in [0.15, 0.2) is 0 Å². The molecule has 0 bridgehead atoms. The molecule has 0 spiro atoms. The van der Waals surface area contributed by atoms with Gasteiger partial charge in [0.1, 0.15) is 12.1 Å². The number of rotatable bonds is 7. The summed E-state index contributed by atoms with van der Waals surface area (Å²) in [6.45, 7) is 5.37. The van der Waals surface area contributed by atoms with E-state index in [1.165, 1.54) is 6.92 Å². The van der Waals surface area contributed by atoms with E-state index >= 15 is 0 Å². The minimum atomic E-state index is -1.00. The molecule has 1 rings (SSSR count). The predicted octanol–water partition coefficient (Wildman–Crippen LogP) is 1.78. The van der Waals surface area contributed by atoms with Gasteiger partial charge in [0.25, 0.3) is 0 Å². The second kappa shape index (κ2) is 7.65. The molecular formula is C15H21NO4. The number of carbonyl (C=O) groups is 2. The first-order valence-corrected chi connectivity index (χ1v) is 6.67. The van der Waals surface area contributed by atoms with Gasteiger partial charge in [0.05, 0.1) is 6.61 Å². The standard InChI is InChI=1S/C15H21NO4/c1-4-20-15(19)13(16-11(3)14(17)18)10(2)12-8-6-5-7-9-12/h5-11,13,16H,4H2,1-3H3,(H,17,18)/t10?,11-,13-/m0/s1. The van der Waals surface area contributed by atoms with Gasteiger partial charge in [0, 0.05) is 5.92 Å². The van der Waals surface area contributed by atoms with Crippen LogP contribution in [0.1, 0.15) is 32.3 Å². The molecule has 0 aliphatic heterocycles. The number of hydrogen-bond donors (Lipinski definition) is 2. The first-order chi connectivity index (χ1) is 9.47. The molecule has 1 aromatic rings. The summed E-state index contributed by atoms with van der Waals surface area (Å²) in [4.78, 5) is 23.0. The highest BCUT2D eigenvalue weighted by Gasteiger charge is 2.30. The van der Waals surface area contributed by atoms with Gasteiger partial charge in [-0.15, -0.1) is 0 Å². The fourth-order valence-corrected chi connectivity index (χ4v) is 1.94. The van der Waals surface area contributed by atoms with Crippen LogP contribution in [0.25, 0.3) is 0 Å². The lowest BCUT2D eigenvalue weighted by Gasteiger charge is -2.25. The summed E-state index contributed by atoms with van der Waals surface area (Å²) in [7, 11) is 0. The Morgan fingerprint density at radius 1 is 1.25 bits per heavy atom. The van der Waals surface area contributed by atoms with Gasteiger partial charge < -0.3 is 9.84 Å². The monoisotopic (exact) mass is 279 g/mol. The Balaban J connectivity index is 2.92. The van der Waals surface area contributed by atoms with Crippen molar-refractivity contribution in [1.29, 1.82) is 0 Å². The summed E-state index contributed by atoms with van der Waals surface area (Å²) in [6.07, 6.45) is 0. The summed E-state index contributed by atoms with van der Waals surface area (Å²) in [5, 5.41) is 11.8. The fourth-order valence-electron chi connectivity index (χ4n) is 1.94. The summed E-state index contributed by atoms with van der Waals surface area (Å²) in [6, 6.07) is 7.96. The molecule has 0 heterocycles. The quantitative estimate of drug-likeness (QED) is 0.744. The van der Waals surface area contributed by atoms with Crippen molar-refractivity contribution < 1.29 is 19.4 Å². The van der Waals surface area contributed by atoms with E-state index in [0.717, 1.165) is 5.56 Å². The first kappa shape index (κ1) is 16.2. The van der Waals surface area contributed by atoms with Crippen molar-refractivity contribution in [1.82, 2.24) is 5.32 Å². The molecule has 1 unspecified atom stereocenters. The molecule has 0 aliphatic rings. The van der Waals surface area contributed by atoms with Gasteiger partial charge in [-0.25, -0.2) is 0 Å². The van der Waals surface area contributed by atoms with Gasteiger partial charge in [-0.2, -0.15) is 0 Å². The topological polar surface area (TPSA) is 75.6 Å². The molecule has 3 atom stereocenters. The number of benzene rings is 1. The van der Waals surface area contributed by atoms with Crippen molar-refractivity contribution in [3.8, 4) is 0 Å². The van der Waals surface area contributed by atoms with Crippen LogP contribution in [0.3, 0.4) is 0 Å². The summed E-state index contributed by atoms with van der Waals surface area (Å²) in [5.74, 6) is -1.62. The lowest BCUT2D eigenvalue weighted by Crippen LogP contribution is -2.49. The Hall–Kier alpha value is -1.88. The van der Waals surface area contributed by atoms with Gasteiger partial charge in [0.2, 0.25) is 0 Å². The molecule has 5 nitrogen and oxygen atoms in total. The Morgan fingerprint density at radius 3 is 2.35 bits per heavy atom. The number of carboxylic acid groups (broad SMARTS) is 1. The van der Waals surface area contributed by atoms with E-state index in [9.17, 15) is 9.59 Å². The minimum absolute atomic E-state index is 0.183. The highest BCUT2D eigenvalue weighted by Crippen LogP contribution is 2.20. The van der Waals surface area contributed by atoms with E-state index in [0.29, 0.717) is 0 Å². The average Bonchev–Trinajstić information content (AvgIpc) is 2.44. The van der Waals surface area contributed by atoms with Crippen LogP contribution in [0, 0.1) is 0 Å². The van der Waals surface area contributed by atoms with Crippen LogP contribution in [0.2, 0.25) is 0 Å². The molecule has 0 saturated carbocycles. The van der Waals surface area contributed by atoms with Crippen LogP contribution in [-0.4, -0.2) is 35.7 Å². The highest BCUT2D eigenvalue weighted by molar-refractivity contribution is 5.79. The average molecular weight is 279 g/mol. The Bertz CT molecular complexity index is 446. The summed E-state index contributed by atoms with van der Waals surface area (Å²) in [5.41, 5.74) is 0.954. The minimum Gasteiger partial charge on any atom is -0.480 e. The number of ether oxygens (including phenoxy) is 1. The van der Waals surface area contributed by atoms with Crippen molar-refractivity contribution in [3.05, 3.63) is 35.9 Å². The molecule has 0 aliphatic carbocycles. The highest BCUT2D eigenvalue weighted by atomic mass is 16.5. The Labute approximate surface area is 118 Å². The third-order valence-electron chi connectivity index (χ3n) is 3.17. The molecule has 0 fully saturated rings. The Kier molecular flexibility index (Phi) is 6.18. The van der Waals surface area contributed by atoms with Crippen molar-refractivity contribution in [2.45, 2.75) is 38.8 Å². The number of carboxylic acids is 1. The second-order valence-corrected chi connectivity index (χ2v) is 4.66. The molecule has 1 aromatic carbocycles. The smallest absolute Gasteiger partial charge is 0.323 e. The lowest BCUT2D eigenvalue weighted by molar-refractivity contribution is -0.147. The maximum absolute atomic E-state index is 12.0. The largest absolute Gasteiger partial charge is 0.480 e. The molecule has 20 heavy (non-hydrogen) atoms. The van der Waals surface area contributed by atoms with Gasteiger partial charge in [-0.1, -0.05) is 37.3 Å². The van der Waals surface area contributed by atoms with E-state index in [1.54, 1.807) is 6.92 Å². The van der Waals surface area contributed by atoms with Gasteiger partial charge in [-0.3, -0.25) is 14.9 Å². The number of nitrogens with one attached hydrogen (secondary N) is 1. The van der Waals surface area contributed by atoms with Crippen LogP contribution in [-0.2, 0) is 14.3 Å². The molecule has 2 N–H and O–H groups in total. The number of esters is 1. The van der Waals surface area contributed by atoms with E-state index in [4.69, 9.17) is 9.84 Å². The Morgan fingerprint density at radius 2 is 1.85 bits per heavy atom. The molecule has 0 radical (unpaired) electrons. The van der Waals surface area contributed by atoms with Crippen LogP contribution in [0.5, 0.6) is 0 Å². The van der Waals surface area contributed by atoms with E-state index < -0.39 is 24.0 Å². The number of carbonyl (C=O) groups excluding carboxylic acids is 1. The zero-order valence-electron chi connectivity index (χ0n) is 12.0. The van der Waals surface area contributed by atoms with Crippen molar-refractivity contribution >= 4 is 11.9 Å². The van der Waals surface area contributed by atoms with E-state index in [2.05, 4.69) is 5.32 Å². The van der Waals surface area contributed by atoms with Crippen molar-refractivity contribution in [2.24, 2.45) is 0 Å². The zero-order valence-corrected chi connectivity index (χ0v) is 12.0. The number of aliphatic carboxylic acids is 1. The van der Waals surface area contributed by atoms with E-state index in [-0.39, 0.29) is 12.5 Å². The summed E-state index contributed by atoms with van der Waals surface area (Å²) >= 11 is 0. The second-order valence-electron chi connectivity index (χ2n) is 4.66. The fraction of sp³-hybridized carbons (Fsp3) is 0.467. The maximum atomic E-state index is 12.0. The van der Waals surface area contributed by atoms with Crippen LogP contribution in [0.15, 0.2) is 30.3 Å². The van der Waals surface area contributed by atoms with Crippen molar-refractivity contribution in [2.75, 3.05) is 6.61 Å². The molecule has 110 valence electrons. The van der Waals surface area contributed by atoms with Gasteiger partial charge >= 0.3 is 11.9 Å². The van der Waals surface area contributed by atoms with Crippen molar-refractivity contribution in [3.63, 3.8) is 0 Å². The third-order valence-corrected chi connectivity index (χ3v) is 3.17. The maximum Gasteiger partial charge on any atom is 0.323 e. The number of hydrogen-bond acceptors (Lipinski definition) is 4. The predicted molar refractivity (Wildman–Crippen MR) is 75.5 cm³/mol. The molecule has 0 saturated heterocycles. The third kappa shape index (κ3) is 4.35. The molecule has 0 aromatic heterocycles. The van der Waals surface area contributed by atoms with Crippen LogP contribution in [0.4, 0.5) is 0 Å². The van der Waals surface area contributed by atoms with Crippen LogP contribution < -0.4 is 5.32 Å². The van der Waals surface area contributed by atoms with Crippen LogP contribution >= 0.6 is 0 Å². The molecule has 0 amide bonds. The van der Waals surface area contributed by atoms with Gasteiger partial charge in [-0.05, 0) is 19.4 Å². The summed E-state index contributed by atoms with van der Waals surface area (Å²) < 4.78 is 5.03. The molecule has 5 heteroatoms. The molecular weight excluding hydrogens is 258 g/mol. The normalized spacial score (nSPS) is 15.2.